The lowest BCUT2D eigenvalue weighted by atomic mass is 9.72. The van der Waals surface area contributed by atoms with Crippen LogP contribution in [0.3, 0.4) is 0 Å². The SMILES string of the molecule is CC(C)(C)C1=C(C(C)(C)C)C(CP(C(C)(C)C)C(C)(C)C)C(C(P)(c2ccc3ccccc3n2)c2ccc3ccccc3n2)=C1. The zero-order chi connectivity index (χ0) is 33.2. The summed E-state index contributed by atoms with van der Waals surface area (Å²) >= 11 is 0. The average Bonchev–Trinajstić information content (AvgIpc) is 3.35. The van der Waals surface area contributed by atoms with Gasteiger partial charge in [0.2, 0.25) is 0 Å². The smallest absolute Gasteiger partial charge is 0.0903 e. The van der Waals surface area contributed by atoms with Gasteiger partial charge < -0.3 is 0 Å². The maximum Gasteiger partial charge on any atom is 0.0903 e. The van der Waals surface area contributed by atoms with Crippen LogP contribution < -0.4 is 0 Å². The molecule has 4 aromatic rings. The molecule has 2 atom stereocenters. The summed E-state index contributed by atoms with van der Waals surface area (Å²) in [5.41, 5.74) is 8.56. The number of aromatic nitrogens is 2. The Hall–Kier alpha value is -2.40. The van der Waals surface area contributed by atoms with E-state index in [0.29, 0.717) is 0 Å². The van der Waals surface area contributed by atoms with Crippen molar-refractivity contribution in [3.63, 3.8) is 0 Å². The molecule has 0 N–H and O–H groups in total. The molecule has 2 heterocycles. The standard InChI is InChI=1S/C41H54N2P2/c1-37(2,3)31-25-30(29(36(31)38(4,5)6)26-45(39(7,8)9)40(10,11)12)41(44,34-23-21-27-17-13-15-19-32(27)42-34)35-24-22-28-18-14-16-20-33(28)43-35/h13-25,29H,26,44H2,1-12H3. The normalized spacial score (nSPS) is 17.1. The third kappa shape index (κ3) is 6.58. The fraction of sp³-hybridized carbons (Fsp3) is 0.463. The van der Waals surface area contributed by atoms with Crippen molar-refractivity contribution in [2.75, 3.05) is 6.16 Å². The van der Waals surface area contributed by atoms with Crippen LogP contribution in [-0.2, 0) is 5.16 Å². The highest BCUT2D eigenvalue weighted by Crippen LogP contribution is 2.65. The Balaban J connectivity index is 1.85. The second kappa shape index (κ2) is 11.7. The number of rotatable bonds is 5. The molecule has 2 nitrogen and oxygen atoms in total. The monoisotopic (exact) mass is 636 g/mol. The minimum Gasteiger partial charge on any atom is -0.251 e. The molecule has 2 aromatic carbocycles. The van der Waals surface area contributed by atoms with Gasteiger partial charge in [-0.15, -0.1) is 9.24 Å². The van der Waals surface area contributed by atoms with Crippen molar-refractivity contribution in [2.24, 2.45) is 16.7 Å². The van der Waals surface area contributed by atoms with Crippen molar-refractivity contribution in [2.45, 2.75) is 98.6 Å². The maximum absolute atomic E-state index is 5.42. The summed E-state index contributed by atoms with van der Waals surface area (Å²) in [5, 5.41) is 2.12. The first-order valence-corrected chi connectivity index (χ1v) is 18.6. The number of hydrogen-bond donors (Lipinski definition) is 0. The highest BCUT2D eigenvalue weighted by Gasteiger charge is 2.49. The van der Waals surface area contributed by atoms with Crippen LogP contribution in [0.15, 0.2) is 95.6 Å². The van der Waals surface area contributed by atoms with E-state index >= 15 is 0 Å². The van der Waals surface area contributed by atoms with Gasteiger partial charge in [0.1, 0.15) is 0 Å². The number of allylic oxidation sites excluding steroid dienone is 4. The van der Waals surface area contributed by atoms with E-state index < -0.39 is 5.16 Å². The van der Waals surface area contributed by atoms with E-state index in [2.05, 4.69) is 171 Å². The van der Waals surface area contributed by atoms with Gasteiger partial charge in [-0.1, -0.05) is 151 Å². The minimum atomic E-state index is -0.612. The average molecular weight is 637 g/mol. The third-order valence-electron chi connectivity index (χ3n) is 9.37. The molecule has 0 spiro atoms. The minimum absolute atomic E-state index is 0.00149. The summed E-state index contributed by atoms with van der Waals surface area (Å²) in [7, 11) is 2.96. The number of pyridine rings is 2. The first kappa shape index (κ1) is 33.9. The van der Waals surface area contributed by atoms with Crippen molar-refractivity contribution < 1.29 is 0 Å². The van der Waals surface area contributed by atoms with Crippen LogP contribution in [0.5, 0.6) is 0 Å². The van der Waals surface area contributed by atoms with E-state index in [0.717, 1.165) is 39.4 Å². The van der Waals surface area contributed by atoms with Gasteiger partial charge in [0, 0.05) is 16.7 Å². The van der Waals surface area contributed by atoms with Gasteiger partial charge in [0.25, 0.3) is 0 Å². The zero-order valence-corrected chi connectivity index (χ0v) is 31.8. The molecule has 0 amide bonds. The Kier molecular flexibility index (Phi) is 8.82. The Morgan fingerprint density at radius 2 is 1.04 bits per heavy atom. The first-order valence-electron chi connectivity index (χ1n) is 16.5. The van der Waals surface area contributed by atoms with Crippen molar-refractivity contribution in [3.8, 4) is 0 Å². The Bertz CT molecular complexity index is 1690. The Morgan fingerprint density at radius 3 is 1.44 bits per heavy atom. The van der Waals surface area contributed by atoms with Crippen molar-refractivity contribution in [3.05, 3.63) is 107 Å². The molecule has 238 valence electrons. The van der Waals surface area contributed by atoms with Crippen LogP contribution in [0, 0.1) is 16.7 Å². The van der Waals surface area contributed by atoms with Gasteiger partial charge in [-0.25, -0.2) is 0 Å². The van der Waals surface area contributed by atoms with E-state index in [-0.39, 0.29) is 35.0 Å². The second-order valence-corrected chi connectivity index (χ2v) is 21.8. The van der Waals surface area contributed by atoms with Crippen molar-refractivity contribution >= 4 is 39.0 Å². The first-order chi connectivity index (χ1) is 20.7. The maximum atomic E-state index is 5.42. The summed E-state index contributed by atoms with van der Waals surface area (Å²) in [4.78, 5) is 10.8. The molecule has 5 rings (SSSR count). The van der Waals surface area contributed by atoms with Crippen LogP contribution in [0.1, 0.15) is 94.5 Å². The van der Waals surface area contributed by atoms with Crippen LogP contribution in [0.2, 0.25) is 0 Å². The van der Waals surface area contributed by atoms with E-state index in [1.807, 2.05) is 0 Å². The van der Waals surface area contributed by atoms with Gasteiger partial charge >= 0.3 is 0 Å². The van der Waals surface area contributed by atoms with Gasteiger partial charge in [-0.05, 0) is 62.7 Å². The molecule has 1 aliphatic rings. The number of nitrogens with zero attached hydrogens (tertiary/aromatic N) is 2. The molecule has 1 aliphatic carbocycles. The summed E-state index contributed by atoms with van der Waals surface area (Å²) in [5.74, 6) is 0.267. The predicted molar refractivity (Wildman–Crippen MR) is 203 cm³/mol. The van der Waals surface area contributed by atoms with Crippen LogP contribution in [-0.4, -0.2) is 26.4 Å². The second-order valence-electron chi connectivity index (χ2n) is 17.0. The zero-order valence-electron chi connectivity index (χ0n) is 29.7. The highest BCUT2D eigenvalue weighted by atomic mass is 31.1. The molecule has 4 heteroatoms. The van der Waals surface area contributed by atoms with Crippen LogP contribution >= 0.6 is 17.2 Å². The number of fused-ring (bicyclic) bond motifs is 2. The van der Waals surface area contributed by atoms with E-state index in [1.54, 1.807) is 5.57 Å². The Morgan fingerprint density at radius 1 is 0.600 bits per heavy atom. The van der Waals surface area contributed by atoms with E-state index in [4.69, 9.17) is 9.97 Å². The quantitative estimate of drug-likeness (QED) is 0.204. The van der Waals surface area contributed by atoms with Crippen LogP contribution in [0.25, 0.3) is 21.8 Å². The molecule has 0 bridgehead atoms. The summed E-state index contributed by atoms with van der Waals surface area (Å²) in [6.07, 6.45) is 3.71. The number of benzene rings is 2. The molecule has 0 fully saturated rings. The molecule has 0 saturated heterocycles. The largest absolute Gasteiger partial charge is 0.251 e. The fourth-order valence-corrected chi connectivity index (χ4v) is 12.0. The highest BCUT2D eigenvalue weighted by molar-refractivity contribution is 7.60. The van der Waals surface area contributed by atoms with E-state index in [9.17, 15) is 0 Å². The van der Waals surface area contributed by atoms with Crippen molar-refractivity contribution in [1.29, 1.82) is 0 Å². The van der Waals surface area contributed by atoms with Crippen LogP contribution in [0.4, 0.5) is 0 Å². The molecule has 2 unspecified atom stereocenters. The predicted octanol–water partition coefficient (Wildman–Crippen LogP) is 11.9. The third-order valence-corrected chi connectivity index (χ3v) is 14.3. The number of hydrogen-bond acceptors (Lipinski definition) is 2. The van der Waals surface area contributed by atoms with Gasteiger partial charge in [0.05, 0.1) is 27.6 Å². The van der Waals surface area contributed by atoms with Gasteiger partial charge in [-0.2, -0.15) is 0 Å². The summed E-state index contributed by atoms with van der Waals surface area (Å²) < 4.78 is 0. The molecule has 0 saturated carbocycles. The lowest BCUT2D eigenvalue weighted by Gasteiger charge is -2.46. The molecule has 2 aromatic heterocycles. The topological polar surface area (TPSA) is 25.8 Å². The van der Waals surface area contributed by atoms with E-state index in [1.165, 1.54) is 11.1 Å². The van der Waals surface area contributed by atoms with Crippen molar-refractivity contribution in [1.82, 2.24) is 9.97 Å². The summed E-state index contributed by atoms with van der Waals surface area (Å²) in [6, 6.07) is 25.9. The van der Waals surface area contributed by atoms with Gasteiger partial charge in [-0.3, -0.25) is 9.97 Å². The lowest BCUT2D eigenvalue weighted by molar-refractivity contribution is 0.424. The lowest BCUT2D eigenvalue weighted by Crippen LogP contribution is -2.35. The molecular weight excluding hydrogens is 582 g/mol. The molecule has 0 aliphatic heterocycles. The Labute approximate surface area is 276 Å². The van der Waals surface area contributed by atoms with Gasteiger partial charge in [0.15, 0.2) is 0 Å². The fourth-order valence-electron chi connectivity index (χ4n) is 7.54. The summed E-state index contributed by atoms with van der Waals surface area (Å²) in [6.45, 7) is 29.1. The number of para-hydroxylation sites is 2. The molecular formula is C41H54N2P2. The molecule has 0 radical (unpaired) electrons. The molecule has 45 heavy (non-hydrogen) atoms.